The number of piperidine rings is 1. The van der Waals surface area contributed by atoms with Gasteiger partial charge in [-0.2, -0.15) is 0 Å². The van der Waals surface area contributed by atoms with Gasteiger partial charge in [0.2, 0.25) is 5.91 Å². The lowest BCUT2D eigenvalue weighted by molar-refractivity contribution is -0.141. The number of aromatic nitrogens is 1. The fourth-order valence-electron chi connectivity index (χ4n) is 4.51. The Morgan fingerprint density at radius 3 is 2.23 bits per heavy atom. The Hall–Kier alpha value is -2.31. The van der Waals surface area contributed by atoms with Crippen LogP contribution in [-0.2, 0) is 9.53 Å². The molecule has 6 nitrogen and oxygen atoms in total. The first-order valence-corrected chi connectivity index (χ1v) is 10.9. The third-order valence-corrected chi connectivity index (χ3v) is 6.45. The third kappa shape index (κ3) is 4.12. The molecule has 0 radical (unpaired) electrons. The van der Waals surface area contributed by atoms with Gasteiger partial charge in [-0.05, 0) is 57.0 Å². The second kappa shape index (κ2) is 8.82. The highest BCUT2D eigenvalue weighted by atomic mass is 35.5. The van der Waals surface area contributed by atoms with Gasteiger partial charge >= 0.3 is 0 Å². The summed E-state index contributed by atoms with van der Waals surface area (Å²) in [7, 11) is 0. The first-order chi connectivity index (χ1) is 14.5. The summed E-state index contributed by atoms with van der Waals surface area (Å²) >= 11 is 6.02. The van der Waals surface area contributed by atoms with E-state index in [4.69, 9.17) is 16.3 Å². The van der Waals surface area contributed by atoms with E-state index < -0.39 is 0 Å². The quantitative estimate of drug-likeness (QED) is 0.750. The van der Waals surface area contributed by atoms with Crippen molar-refractivity contribution in [2.45, 2.75) is 26.7 Å². The first-order valence-electron chi connectivity index (χ1n) is 10.6. The molecule has 2 aromatic rings. The molecular formula is C23H28ClN3O3. The SMILES string of the molecule is Cc1cc(C(=O)N2CCC(C(=O)N3CCOCC3)CC2)c(C)n1-c1ccc(Cl)cc1. The second-order valence-electron chi connectivity index (χ2n) is 8.10. The van der Waals surface area contributed by atoms with E-state index in [9.17, 15) is 9.59 Å². The molecule has 2 amide bonds. The molecule has 2 saturated heterocycles. The van der Waals surface area contributed by atoms with Crippen LogP contribution in [0.4, 0.5) is 0 Å². The summed E-state index contributed by atoms with van der Waals surface area (Å²) in [5.41, 5.74) is 3.64. The number of ether oxygens (including phenoxy) is 1. The normalized spacial score (nSPS) is 18.0. The smallest absolute Gasteiger partial charge is 0.255 e. The molecule has 160 valence electrons. The van der Waals surface area contributed by atoms with Gasteiger partial charge in [-0.25, -0.2) is 0 Å². The van der Waals surface area contributed by atoms with Crippen molar-refractivity contribution in [1.82, 2.24) is 14.4 Å². The topological polar surface area (TPSA) is 54.8 Å². The summed E-state index contributed by atoms with van der Waals surface area (Å²) in [5, 5.41) is 0.687. The Bertz CT molecular complexity index is 924. The first kappa shape index (κ1) is 20.9. The van der Waals surface area contributed by atoms with Gasteiger partial charge in [0, 0.05) is 54.2 Å². The predicted molar refractivity (Wildman–Crippen MR) is 116 cm³/mol. The molecule has 1 aromatic carbocycles. The molecule has 2 fully saturated rings. The molecule has 0 spiro atoms. The average molecular weight is 430 g/mol. The fraction of sp³-hybridized carbons (Fsp3) is 0.478. The molecule has 4 rings (SSSR count). The van der Waals surface area contributed by atoms with Gasteiger partial charge in [-0.15, -0.1) is 0 Å². The molecule has 0 N–H and O–H groups in total. The number of halogens is 1. The predicted octanol–water partition coefficient (Wildman–Crippen LogP) is 3.46. The Morgan fingerprint density at radius 1 is 0.967 bits per heavy atom. The number of carbonyl (C=O) groups excluding carboxylic acids is 2. The minimum Gasteiger partial charge on any atom is -0.378 e. The summed E-state index contributed by atoms with van der Waals surface area (Å²) in [6, 6.07) is 9.58. The molecule has 2 aliphatic rings. The van der Waals surface area contributed by atoms with E-state index in [0.29, 0.717) is 44.4 Å². The highest BCUT2D eigenvalue weighted by Gasteiger charge is 2.32. The number of likely N-dealkylation sites (tertiary alicyclic amines) is 1. The maximum absolute atomic E-state index is 13.2. The van der Waals surface area contributed by atoms with Gasteiger partial charge in [0.05, 0.1) is 18.8 Å². The number of nitrogens with zero attached hydrogens (tertiary/aromatic N) is 3. The molecule has 0 bridgehead atoms. The maximum Gasteiger partial charge on any atom is 0.255 e. The zero-order valence-corrected chi connectivity index (χ0v) is 18.3. The summed E-state index contributed by atoms with van der Waals surface area (Å²) in [4.78, 5) is 29.8. The van der Waals surface area contributed by atoms with Crippen LogP contribution in [0.15, 0.2) is 30.3 Å². The standard InChI is InChI=1S/C23H28ClN3O3/c1-16-15-21(17(2)27(16)20-5-3-19(24)4-6-20)23(29)25-9-7-18(8-10-25)22(28)26-11-13-30-14-12-26/h3-6,15,18H,7-14H2,1-2H3. The largest absolute Gasteiger partial charge is 0.378 e. The molecule has 3 heterocycles. The summed E-state index contributed by atoms with van der Waals surface area (Å²) in [5.74, 6) is 0.264. The van der Waals surface area contributed by atoms with Crippen molar-refractivity contribution in [3.63, 3.8) is 0 Å². The number of rotatable bonds is 3. The maximum atomic E-state index is 13.2. The average Bonchev–Trinajstić information content (AvgIpc) is 3.08. The van der Waals surface area contributed by atoms with Crippen molar-refractivity contribution >= 4 is 23.4 Å². The van der Waals surface area contributed by atoms with E-state index in [-0.39, 0.29) is 17.7 Å². The second-order valence-corrected chi connectivity index (χ2v) is 8.54. The number of aryl methyl sites for hydroxylation is 1. The Labute approximate surface area is 182 Å². The zero-order chi connectivity index (χ0) is 21.3. The van der Waals surface area contributed by atoms with Crippen molar-refractivity contribution in [1.29, 1.82) is 0 Å². The van der Waals surface area contributed by atoms with Crippen molar-refractivity contribution < 1.29 is 14.3 Å². The van der Waals surface area contributed by atoms with Gasteiger partial charge in [-0.1, -0.05) is 11.6 Å². The monoisotopic (exact) mass is 429 g/mol. The highest BCUT2D eigenvalue weighted by Crippen LogP contribution is 2.26. The number of amides is 2. The van der Waals surface area contributed by atoms with E-state index in [1.54, 1.807) is 0 Å². The summed E-state index contributed by atoms with van der Waals surface area (Å²) in [6.07, 6.45) is 1.44. The van der Waals surface area contributed by atoms with Crippen molar-refractivity contribution in [3.05, 3.63) is 52.3 Å². The van der Waals surface area contributed by atoms with Crippen LogP contribution in [0, 0.1) is 19.8 Å². The van der Waals surface area contributed by atoms with Crippen LogP contribution in [-0.4, -0.2) is 65.6 Å². The summed E-state index contributed by atoms with van der Waals surface area (Å²) < 4.78 is 7.42. The number of morpholine rings is 1. The van der Waals surface area contributed by atoms with Crippen LogP contribution in [0.1, 0.15) is 34.6 Å². The fourth-order valence-corrected chi connectivity index (χ4v) is 4.63. The molecule has 7 heteroatoms. The molecular weight excluding hydrogens is 402 g/mol. The Morgan fingerprint density at radius 2 is 1.60 bits per heavy atom. The van der Waals surface area contributed by atoms with Crippen LogP contribution in [0.25, 0.3) is 5.69 Å². The van der Waals surface area contributed by atoms with Gasteiger partial charge in [0.1, 0.15) is 0 Å². The number of hydrogen-bond acceptors (Lipinski definition) is 3. The van der Waals surface area contributed by atoms with Gasteiger partial charge in [0.15, 0.2) is 0 Å². The lowest BCUT2D eigenvalue weighted by Gasteiger charge is -2.35. The minimum absolute atomic E-state index is 0.00801. The Kier molecular flexibility index (Phi) is 6.16. The molecule has 2 aliphatic heterocycles. The molecule has 0 aliphatic carbocycles. The molecule has 0 unspecified atom stereocenters. The zero-order valence-electron chi connectivity index (χ0n) is 17.6. The molecule has 0 atom stereocenters. The summed E-state index contributed by atoms with van der Waals surface area (Å²) in [6.45, 7) is 7.80. The minimum atomic E-state index is 0.00801. The van der Waals surface area contributed by atoms with Crippen molar-refractivity contribution in [2.24, 2.45) is 5.92 Å². The number of hydrogen-bond donors (Lipinski definition) is 0. The van der Waals surface area contributed by atoms with Gasteiger partial charge in [-0.3, -0.25) is 9.59 Å². The van der Waals surface area contributed by atoms with Crippen molar-refractivity contribution in [3.8, 4) is 5.69 Å². The third-order valence-electron chi connectivity index (χ3n) is 6.20. The van der Waals surface area contributed by atoms with Crippen molar-refractivity contribution in [2.75, 3.05) is 39.4 Å². The van der Waals surface area contributed by atoms with E-state index in [1.165, 1.54) is 0 Å². The van der Waals surface area contributed by atoms with Crippen LogP contribution in [0.2, 0.25) is 5.02 Å². The molecule has 1 aromatic heterocycles. The van der Waals surface area contributed by atoms with E-state index in [1.807, 2.05) is 54.0 Å². The van der Waals surface area contributed by atoms with Crippen LogP contribution >= 0.6 is 11.6 Å². The van der Waals surface area contributed by atoms with E-state index >= 15 is 0 Å². The van der Waals surface area contributed by atoms with Crippen LogP contribution in [0.5, 0.6) is 0 Å². The van der Waals surface area contributed by atoms with E-state index in [0.717, 1.165) is 35.5 Å². The van der Waals surface area contributed by atoms with E-state index in [2.05, 4.69) is 4.57 Å². The van der Waals surface area contributed by atoms with Crippen LogP contribution < -0.4 is 0 Å². The molecule has 0 saturated carbocycles. The Balaban J connectivity index is 1.44. The lowest BCUT2D eigenvalue weighted by atomic mass is 9.94. The van der Waals surface area contributed by atoms with Gasteiger partial charge < -0.3 is 19.1 Å². The highest BCUT2D eigenvalue weighted by molar-refractivity contribution is 6.30. The number of carbonyl (C=O) groups is 2. The van der Waals surface area contributed by atoms with Crippen LogP contribution in [0.3, 0.4) is 0 Å². The van der Waals surface area contributed by atoms with Gasteiger partial charge in [0.25, 0.3) is 5.91 Å². The number of benzene rings is 1. The lowest BCUT2D eigenvalue weighted by Crippen LogP contribution is -2.47. The molecule has 30 heavy (non-hydrogen) atoms.